The molecule has 45 heavy (non-hydrogen) atoms. The lowest BCUT2D eigenvalue weighted by atomic mass is 9.87. The van der Waals surface area contributed by atoms with Crippen molar-refractivity contribution in [2.45, 2.75) is 58.5 Å². The first-order chi connectivity index (χ1) is 21.2. The number of hydrogen-bond donors (Lipinski definition) is 2. The van der Waals surface area contributed by atoms with Crippen LogP contribution < -0.4 is 15.2 Å². The zero-order valence-electron chi connectivity index (χ0n) is 25.9. The van der Waals surface area contributed by atoms with E-state index in [2.05, 4.69) is 40.4 Å². The minimum Gasteiger partial charge on any atom is -0.475 e. The van der Waals surface area contributed by atoms with E-state index in [4.69, 9.17) is 10.5 Å². The van der Waals surface area contributed by atoms with Crippen molar-refractivity contribution >= 4 is 27.8 Å². The Balaban J connectivity index is 1.66. The van der Waals surface area contributed by atoms with Crippen molar-refractivity contribution in [1.29, 1.82) is 0 Å². The molecule has 0 aliphatic carbocycles. The van der Waals surface area contributed by atoms with Crippen LogP contribution in [0.3, 0.4) is 0 Å². The van der Waals surface area contributed by atoms with Crippen LogP contribution in [-0.2, 0) is 16.6 Å². The average molecular weight is 629 g/mol. The van der Waals surface area contributed by atoms with Gasteiger partial charge in [0.1, 0.15) is 6.61 Å². The first kappa shape index (κ1) is 31.6. The molecule has 0 unspecified atom stereocenters. The van der Waals surface area contributed by atoms with Crippen LogP contribution in [0.4, 0.5) is 5.95 Å². The third-order valence-electron chi connectivity index (χ3n) is 7.47. The van der Waals surface area contributed by atoms with Gasteiger partial charge in [-0.3, -0.25) is 14.6 Å². The molecule has 1 aliphatic rings. The Labute approximate surface area is 262 Å². The molecule has 5 rings (SSSR count). The molecular weight excluding hydrogens is 592 g/mol. The number of fused-ring (bicyclic) bond motifs is 4. The molecule has 3 N–H and O–H groups in total. The zero-order chi connectivity index (χ0) is 32.5. The van der Waals surface area contributed by atoms with Crippen molar-refractivity contribution < 1.29 is 22.7 Å². The Hall–Kier alpha value is -4.84. The van der Waals surface area contributed by atoms with Gasteiger partial charge in [-0.25, -0.2) is 18.1 Å². The lowest BCUT2D eigenvalue weighted by molar-refractivity contribution is 0.0509. The van der Waals surface area contributed by atoms with Gasteiger partial charge in [0, 0.05) is 23.4 Å². The normalized spacial score (nSPS) is 16.4. The van der Waals surface area contributed by atoms with Crippen LogP contribution in [-0.4, -0.2) is 52.7 Å². The van der Waals surface area contributed by atoms with Gasteiger partial charge in [-0.05, 0) is 67.1 Å². The Bertz CT molecular complexity index is 1850. The third-order valence-corrected chi connectivity index (χ3v) is 8.80. The van der Waals surface area contributed by atoms with E-state index in [9.17, 15) is 18.0 Å². The van der Waals surface area contributed by atoms with Crippen molar-refractivity contribution in [3.05, 3.63) is 94.8 Å². The number of nitrogens with two attached hydrogens (primary N) is 1. The number of amides is 2. The Kier molecular flexibility index (Phi) is 8.61. The molecule has 3 heterocycles. The Morgan fingerprint density at radius 3 is 2.40 bits per heavy atom. The molecule has 0 saturated carbocycles. The SMILES string of the molecule is Cc1cccc(C)c1-c1cc2nc(n1)NS(=O)(=O)c1cccc(c1)C(=O)N(Cc1ccc(C(N)=O)cn1)[C@H](CC(C)(C)C)CO2. The summed E-state index contributed by atoms with van der Waals surface area (Å²) in [7, 11) is -4.19. The minimum absolute atomic E-state index is 0.0530. The summed E-state index contributed by atoms with van der Waals surface area (Å²) in [5, 5.41) is 0. The molecule has 234 valence electrons. The molecule has 4 aromatic rings. The minimum atomic E-state index is -4.19. The molecule has 0 fully saturated rings. The number of aromatic nitrogens is 3. The molecule has 0 saturated heterocycles. The summed E-state index contributed by atoms with van der Waals surface area (Å²) in [6.07, 6.45) is 1.91. The van der Waals surface area contributed by atoms with Gasteiger partial charge < -0.3 is 15.4 Å². The monoisotopic (exact) mass is 628 g/mol. The summed E-state index contributed by atoms with van der Waals surface area (Å²) in [5.74, 6) is -1.01. The molecule has 12 heteroatoms. The fourth-order valence-electron chi connectivity index (χ4n) is 5.38. The van der Waals surface area contributed by atoms with Crippen LogP contribution in [0.5, 0.6) is 5.88 Å². The highest BCUT2D eigenvalue weighted by molar-refractivity contribution is 7.92. The van der Waals surface area contributed by atoms with E-state index >= 15 is 0 Å². The lowest BCUT2D eigenvalue weighted by Crippen LogP contribution is -2.45. The number of rotatable bonds is 5. The number of ether oxygens (including phenoxy) is 1. The van der Waals surface area contributed by atoms with Crippen molar-refractivity contribution in [3.63, 3.8) is 0 Å². The van der Waals surface area contributed by atoms with Crippen molar-refractivity contribution in [1.82, 2.24) is 19.9 Å². The first-order valence-corrected chi connectivity index (χ1v) is 16.0. The second kappa shape index (κ2) is 12.3. The highest BCUT2D eigenvalue weighted by Crippen LogP contribution is 2.31. The maximum atomic E-state index is 14.2. The van der Waals surface area contributed by atoms with Crippen LogP contribution >= 0.6 is 0 Å². The predicted molar refractivity (Wildman–Crippen MR) is 170 cm³/mol. The van der Waals surface area contributed by atoms with Gasteiger partial charge in [0.25, 0.3) is 15.9 Å². The highest BCUT2D eigenvalue weighted by Gasteiger charge is 2.32. The highest BCUT2D eigenvalue weighted by atomic mass is 32.2. The molecular formula is C33H36N6O5S. The standard InChI is InChI=1S/C33H36N6O5S/c1-20-8-6-9-21(2)29(20)27-15-28-37-32(36-27)38-45(42,43)26-11-7-10-22(14-26)31(41)39(25(19-44-28)16-33(3,4)5)18-24-13-12-23(17-35-24)30(34)40/h6-15,17,25H,16,18-19H2,1-5H3,(H2,34,40)(H,36,37,38)/t25-/m1/s1. The number of pyridine rings is 1. The second-order valence-corrected chi connectivity index (χ2v) is 14.1. The number of nitrogens with one attached hydrogen (secondary N) is 1. The van der Waals surface area contributed by atoms with Gasteiger partial charge in [-0.15, -0.1) is 0 Å². The summed E-state index contributed by atoms with van der Waals surface area (Å²) >= 11 is 0. The van der Waals surface area contributed by atoms with Crippen LogP contribution in [0.25, 0.3) is 11.3 Å². The van der Waals surface area contributed by atoms with Crippen LogP contribution in [0, 0.1) is 19.3 Å². The van der Waals surface area contributed by atoms with Crippen molar-refractivity contribution in [2.75, 3.05) is 11.3 Å². The molecule has 1 aliphatic heterocycles. The summed E-state index contributed by atoms with van der Waals surface area (Å²) in [5.41, 5.74) is 9.35. The quantitative estimate of drug-likeness (QED) is 0.316. The fourth-order valence-corrected chi connectivity index (χ4v) is 6.37. The van der Waals surface area contributed by atoms with E-state index in [1.54, 1.807) is 29.2 Å². The molecule has 0 spiro atoms. The largest absolute Gasteiger partial charge is 0.475 e. The van der Waals surface area contributed by atoms with Crippen molar-refractivity contribution in [3.8, 4) is 17.1 Å². The van der Waals surface area contributed by atoms with Gasteiger partial charge in [0.2, 0.25) is 17.7 Å². The third kappa shape index (κ3) is 7.28. The van der Waals surface area contributed by atoms with Crippen molar-refractivity contribution in [2.24, 2.45) is 11.1 Å². The maximum Gasteiger partial charge on any atom is 0.264 e. The van der Waals surface area contributed by atoms with Gasteiger partial charge in [-0.2, -0.15) is 4.98 Å². The second-order valence-electron chi connectivity index (χ2n) is 12.4. The number of benzene rings is 2. The van der Waals surface area contributed by atoms with Gasteiger partial charge in [0.15, 0.2) is 0 Å². The van der Waals surface area contributed by atoms with E-state index in [0.717, 1.165) is 16.7 Å². The molecule has 11 nitrogen and oxygen atoms in total. The fraction of sp³-hybridized carbons (Fsp3) is 0.303. The Morgan fingerprint density at radius 2 is 1.76 bits per heavy atom. The van der Waals surface area contributed by atoms with E-state index < -0.39 is 27.9 Å². The van der Waals surface area contributed by atoms with E-state index in [-0.39, 0.29) is 46.4 Å². The maximum absolute atomic E-state index is 14.2. The van der Waals surface area contributed by atoms with E-state index in [1.807, 2.05) is 32.0 Å². The van der Waals surface area contributed by atoms with Gasteiger partial charge in [0.05, 0.1) is 34.4 Å². The number of nitrogens with zero attached hydrogens (tertiary/aromatic N) is 4. The molecule has 1 atom stereocenters. The molecule has 2 aromatic heterocycles. The summed E-state index contributed by atoms with van der Waals surface area (Å²) in [6.45, 7) is 10.2. The van der Waals surface area contributed by atoms with Gasteiger partial charge >= 0.3 is 0 Å². The molecule has 2 amide bonds. The number of sulfonamides is 1. The number of primary amides is 1. The predicted octanol–water partition coefficient (Wildman–Crippen LogP) is 4.89. The zero-order valence-corrected chi connectivity index (χ0v) is 26.7. The van der Waals surface area contributed by atoms with Gasteiger partial charge in [-0.1, -0.05) is 45.0 Å². The number of carbonyl (C=O) groups is 2. The smallest absolute Gasteiger partial charge is 0.264 e. The van der Waals surface area contributed by atoms with E-state index in [1.165, 1.54) is 24.4 Å². The number of anilines is 1. The summed E-state index contributed by atoms with van der Waals surface area (Å²) in [6, 6.07) is 16.1. The topological polar surface area (TPSA) is 157 Å². The average Bonchev–Trinajstić information content (AvgIpc) is 2.97. The summed E-state index contributed by atoms with van der Waals surface area (Å²) < 4.78 is 35.9. The lowest BCUT2D eigenvalue weighted by Gasteiger charge is -2.35. The number of aryl methyl sites for hydroxylation is 2. The number of carbonyl (C=O) groups excluding carboxylic acids is 2. The van der Waals surface area contributed by atoms with Crippen LogP contribution in [0.1, 0.15) is 64.7 Å². The Morgan fingerprint density at radius 1 is 1.04 bits per heavy atom. The molecule has 0 radical (unpaired) electrons. The molecule has 2 aromatic carbocycles. The summed E-state index contributed by atoms with van der Waals surface area (Å²) in [4.78, 5) is 40.7. The van der Waals surface area contributed by atoms with Crippen LogP contribution in [0.15, 0.2) is 71.8 Å². The van der Waals surface area contributed by atoms with Crippen LogP contribution in [0.2, 0.25) is 0 Å². The first-order valence-electron chi connectivity index (χ1n) is 14.5. The molecule has 4 bridgehead atoms. The van der Waals surface area contributed by atoms with E-state index in [0.29, 0.717) is 17.8 Å². The number of hydrogen-bond acceptors (Lipinski definition) is 8.